The molecule has 1 aliphatic heterocycles. The number of hydrogen-bond acceptors (Lipinski definition) is 6. The van der Waals surface area contributed by atoms with Crippen molar-refractivity contribution in [1.82, 2.24) is 4.98 Å². The first kappa shape index (κ1) is 15.5. The molecule has 1 aromatic carbocycles. The largest absolute Gasteiger partial charge is 0.480 e. The summed E-state index contributed by atoms with van der Waals surface area (Å²) in [6, 6.07) is 5.26. The molecular formula is C14H16ClNO6. The summed E-state index contributed by atoms with van der Waals surface area (Å²) >= 11 is 6.13. The second-order valence-corrected chi connectivity index (χ2v) is 5.53. The third-order valence-corrected chi connectivity index (χ3v) is 4.04. The normalized spacial score (nSPS) is 32.3. The number of fused-ring (bicyclic) bond motifs is 1. The number of rotatable bonds is 3. The SMILES string of the molecule is OC[C@H]1O[C@@H](O)[C@H](Oc2c[nH]c3cccc(Cl)c23)[C@@H](O)[C@H]1O. The molecule has 7 nitrogen and oxygen atoms in total. The summed E-state index contributed by atoms with van der Waals surface area (Å²) in [6.45, 7) is -0.527. The van der Waals surface area contributed by atoms with Gasteiger partial charge in [0.05, 0.1) is 22.5 Å². The van der Waals surface area contributed by atoms with Crippen molar-refractivity contribution in [2.45, 2.75) is 30.7 Å². The van der Waals surface area contributed by atoms with Crippen LogP contribution in [0.2, 0.25) is 5.02 Å². The Morgan fingerprint density at radius 2 is 2.00 bits per heavy atom. The van der Waals surface area contributed by atoms with E-state index in [0.29, 0.717) is 16.2 Å². The molecule has 2 aromatic rings. The minimum absolute atomic E-state index is 0.321. The number of benzene rings is 1. The molecule has 1 aromatic heterocycles. The zero-order chi connectivity index (χ0) is 15.9. The monoisotopic (exact) mass is 329 g/mol. The van der Waals surface area contributed by atoms with Crippen LogP contribution >= 0.6 is 11.6 Å². The summed E-state index contributed by atoms with van der Waals surface area (Å²) in [4.78, 5) is 2.96. The number of H-pyrrole nitrogens is 1. The van der Waals surface area contributed by atoms with E-state index in [1.54, 1.807) is 24.4 Å². The maximum atomic E-state index is 10.1. The van der Waals surface area contributed by atoms with Crippen LogP contribution in [0.5, 0.6) is 5.75 Å². The van der Waals surface area contributed by atoms with Crippen LogP contribution in [-0.4, -0.2) is 62.7 Å². The number of aromatic nitrogens is 1. The molecule has 1 aliphatic rings. The van der Waals surface area contributed by atoms with Gasteiger partial charge in [-0.2, -0.15) is 0 Å². The van der Waals surface area contributed by atoms with Crippen LogP contribution in [0.15, 0.2) is 24.4 Å². The van der Waals surface area contributed by atoms with E-state index in [1.807, 2.05) is 0 Å². The molecule has 0 aliphatic carbocycles. The molecule has 0 radical (unpaired) electrons. The molecule has 22 heavy (non-hydrogen) atoms. The molecule has 1 fully saturated rings. The van der Waals surface area contributed by atoms with E-state index in [9.17, 15) is 15.3 Å². The van der Waals surface area contributed by atoms with Gasteiger partial charge in [0.1, 0.15) is 24.1 Å². The second-order valence-electron chi connectivity index (χ2n) is 5.13. The van der Waals surface area contributed by atoms with Crippen molar-refractivity contribution in [3.8, 4) is 5.75 Å². The quantitative estimate of drug-likeness (QED) is 0.541. The lowest BCUT2D eigenvalue weighted by Crippen LogP contribution is -2.60. The van der Waals surface area contributed by atoms with Crippen LogP contribution in [0, 0.1) is 0 Å². The zero-order valence-electron chi connectivity index (χ0n) is 11.4. The molecule has 2 heterocycles. The highest BCUT2D eigenvalue weighted by Gasteiger charge is 2.45. The van der Waals surface area contributed by atoms with Crippen LogP contribution in [0.4, 0.5) is 0 Å². The van der Waals surface area contributed by atoms with Gasteiger partial charge in [-0.1, -0.05) is 17.7 Å². The van der Waals surface area contributed by atoms with Crippen molar-refractivity contribution in [2.24, 2.45) is 0 Å². The lowest BCUT2D eigenvalue weighted by atomic mass is 9.99. The highest BCUT2D eigenvalue weighted by atomic mass is 35.5. The van der Waals surface area contributed by atoms with E-state index in [0.717, 1.165) is 5.52 Å². The number of ether oxygens (including phenoxy) is 2. The van der Waals surface area contributed by atoms with E-state index < -0.39 is 37.3 Å². The van der Waals surface area contributed by atoms with E-state index >= 15 is 0 Å². The van der Waals surface area contributed by atoms with Crippen LogP contribution in [0.3, 0.4) is 0 Å². The predicted octanol–water partition coefficient (Wildman–Crippen LogP) is -0.000000000000000500. The minimum Gasteiger partial charge on any atom is -0.480 e. The van der Waals surface area contributed by atoms with Crippen molar-refractivity contribution in [1.29, 1.82) is 0 Å². The van der Waals surface area contributed by atoms with Gasteiger partial charge in [-0.15, -0.1) is 0 Å². The Kier molecular flexibility index (Phi) is 4.26. The van der Waals surface area contributed by atoms with E-state index in [2.05, 4.69) is 4.98 Å². The van der Waals surface area contributed by atoms with Gasteiger partial charge in [-0.05, 0) is 12.1 Å². The van der Waals surface area contributed by atoms with Crippen molar-refractivity contribution in [2.75, 3.05) is 6.61 Å². The minimum atomic E-state index is -1.50. The summed E-state index contributed by atoms with van der Waals surface area (Å²) < 4.78 is 10.6. The molecule has 0 bridgehead atoms. The second kappa shape index (κ2) is 6.04. The molecule has 5 N–H and O–H groups in total. The molecule has 0 unspecified atom stereocenters. The third-order valence-electron chi connectivity index (χ3n) is 3.72. The fourth-order valence-electron chi connectivity index (χ4n) is 2.55. The standard InChI is InChI=1S/C14H16ClNO6/c15-6-2-1-3-7-10(6)8(4-16-7)21-13-12(19)11(18)9(5-17)22-14(13)20/h1-4,9,11-14,16-20H,5H2/t9-,11+,12+,13-,14-/m1/s1. The lowest BCUT2D eigenvalue weighted by Gasteiger charge is -2.39. The highest BCUT2D eigenvalue weighted by Crippen LogP contribution is 2.34. The Bertz CT molecular complexity index is 662. The average molecular weight is 330 g/mol. The summed E-state index contributed by atoms with van der Waals surface area (Å²) in [5.74, 6) is 0.321. The molecule has 8 heteroatoms. The molecule has 120 valence electrons. The smallest absolute Gasteiger partial charge is 0.195 e. The zero-order valence-corrected chi connectivity index (χ0v) is 12.1. The molecule has 3 rings (SSSR count). The Morgan fingerprint density at radius 1 is 1.23 bits per heavy atom. The first-order chi connectivity index (χ1) is 10.5. The van der Waals surface area contributed by atoms with Gasteiger partial charge in [-0.25, -0.2) is 0 Å². The Morgan fingerprint density at radius 3 is 2.73 bits per heavy atom. The first-order valence-corrected chi connectivity index (χ1v) is 7.13. The fraction of sp³-hybridized carbons (Fsp3) is 0.429. The molecular weight excluding hydrogens is 314 g/mol. The summed E-state index contributed by atoms with van der Waals surface area (Å²) in [7, 11) is 0. The van der Waals surface area contributed by atoms with Crippen LogP contribution in [0.25, 0.3) is 10.9 Å². The maximum absolute atomic E-state index is 10.1. The molecule has 5 atom stereocenters. The predicted molar refractivity (Wildman–Crippen MR) is 77.7 cm³/mol. The highest BCUT2D eigenvalue weighted by molar-refractivity contribution is 6.36. The van der Waals surface area contributed by atoms with Crippen molar-refractivity contribution in [3.05, 3.63) is 29.4 Å². The molecule has 0 saturated carbocycles. The van der Waals surface area contributed by atoms with Gasteiger partial charge in [0, 0.05) is 6.20 Å². The Balaban J connectivity index is 1.88. The van der Waals surface area contributed by atoms with Gasteiger partial charge >= 0.3 is 0 Å². The Labute approximate surface area is 130 Å². The molecule has 0 amide bonds. The van der Waals surface area contributed by atoms with Crippen LogP contribution in [0.1, 0.15) is 0 Å². The maximum Gasteiger partial charge on any atom is 0.195 e. The number of aromatic amines is 1. The summed E-state index contributed by atoms with van der Waals surface area (Å²) in [5.41, 5.74) is 0.733. The lowest BCUT2D eigenvalue weighted by molar-refractivity contribution is -0.280. The average Bonchev–Trinajstić information content (AvgIpc) is 2.92. The van der Waals surface area contributed by atoms with Gasteiger partial charge in [0.15, 0.2) is 12.4 Å². The number of halogens is 1. The molecule has 1 saturated heterocycles. The summed E-state index contributed by atoms with van der Waals surface area (Å²) in [5, 5.41) is 40.0. The van der Waals surface area contributed by atoms with E-state index in [1.165, 1.54) is 0 Å². The Hall–Kier alpha value is -1.35. The van der Waals surface area contributed by atoms with Crippen LogP contribution < -0.4 is 4.74 Å². The molecule has 0 spiro atoms. The van der Waals surface area contributed by atoms with Crippen molar-refractivity contribution >= 4 is 22.5 Å². The van der Waals surface area contributed by atoms with Crippen molar-refractivity contribution in [3.63, 3.8) is 0 Å². The van der Waals surface area contributed by atoms with Gasteiger partial charge in [0.2, 0.25) is 0 Å². The fourth-order valence-corrected chi connectivity index (χ4v) is 2.82. The third kappa shape index (κ3) is 2.56. The number of aliphatic hydroxyl groups excluding tert-OH is 4. The van der Waals surface area contributed by atoms with Crippen molar-refractivity contribution < 1.29 is 29.9 Å². The number of hydrogen-bond donors (Lipinski definition) is 5. The van der Waals surface area contributed by atoms with Gasteiger partial charge in [0.25, 0.3) is 0 Å². The summed E-state index contributed by atoms with van der Waals surface area (Å²) in [6.07, 6.45) is -5.04. The van der Waals surface area contributed by atoms with Gasteiger partial charge < -0.3 is 34.9 Å². The van der Waals surface area contributed by atoms with Gasteiger partial charge in [-0.3, -0.25) is 0 Å². The van der Waals surface area contributed by atoms with E-state index in [-0.39, 0.29) is 0 Å². The number of aliphatic hydroxyl groups is 4. The topological polar surface area (TPSA) is 115 Å². The number of nitrogens with one attached hydrogen (secondary N) is 1. The van der Waals surface area contributed by atoms with E-state index in [4.69, 9.17) is 26.2 Å². The first-order valence-electron chi connectivity index (χ1n) is 6.75. The van der Waals surface area contributed by atoms with Crippen LogP contribution in [-0.2, 0) is 4.74 Å².